The SMILES string of the molecule is CN(CCc1ccncc1)c1cc2[nH]c(=O)oc2cc1N. The van der Waals surface area contributed by atoms with E-state index in [2.05, 4.69) is 14.9 Å². The first kappa shape index (κ1) is 13.2. The predicted octanol–water partition coefficient (Wildman–Crippen LogP) is 1.78. The summed E-state index contributed by atoms with van der Waals surface area (Å²) in [5.41, 5.74) is 9.84. The van der Waals surface area contributed by atoms with Gasteiger partial charge in [-0.05, 0) is 30.2 Å². The zero-order valence-electron chi connectivity index (χ0n) is 11.7. The average molecular weight is 284 g/mol. The summed E-state index contributed by atoms with van der Waals surface area (Å²) in [6.07, 6.45) is 4.45. The van der Waals surface area contributed by atoms with Crippen LogP contribution in [-0.2, 0) is 6.42 Å². The second kappa shape index (κ2) is 5.32. The molecule has 0 saturated carbocycles. The molecule has 0 atom stereocenters. The molecule has 6 heteroatoms. The van der Waals surface area contributed by atoms with E-state index in [-0.39, 0.29) is 0 Å². The van der Waals surface area contributed by atoms with Gasteiger partial charge < -0.3 is 15.1 Å². The number of hydrogen-bond acceptors (Lipinski definition) is 5. The molecule has 0 unspecified atom stereocenters. The number of nitrogen functional groups attached to an aromatic ring is 1. The zero-order chi connectivity index (χ0) is 14.8. The third-order valence-electron chi connectivity index (χ3n) is 3.46. The largest absolute Gasteiger partial charge is 0.417 e. The Morgan fingerprint density at radius 3 is 2.86 bits per heavy atom. The highest BCUT2D eigenvalue weighted by Gasteiger charge is 2.10. The number of nitrogens with one attached hydrogen (secondary N) is 1. The summed E-state index contributed by atoms with van der Waals surface area (Å²) in [6.45, 7) is 0.807. The summed E-state index contributed by atoms with van der Waals surface area (Å²) in [7, 11) is 1.97. The molecule has 3 rings (SSSR count). The molecule has 0 saturated heterocycles. The van der Waals surface area contributed by atoms with E-state index in [9.17, 15) is 4.79 Å². The van der Waals surface area contributed by atoms with Crippen molar-refractivity contribution in [2.45, 2.75) is 6.42 Å². The molecule has 3 aromatic rings. The van der Waals surface area contributed by atoms with Crippen molar-refractivity contribution in [1.29, 1.82) is 0 Å². The first-order chi connectivity index (χ1) is 10.1. The van der Waals surface area contributed by atoms with E-state index in [1.54, 1.807) is 18.5 Å². The monoisotopic (exact) mass is 284 g/mol. The van der Waals surface area contributed by atoms with Crippen LogP contribution in [0.1, 0.15) is 5.56 Å². The van der Waals surface area contributed by atoms with E-state index in [1.807, 2.05) is 25.2 Å². The molecule has 0 bridgehead atoms. The van der Waals surface area contributed by atoms with Crippen molar-refractivity contribution in [2.75, 3.05) is 24.2 Å². The molecule has 0 spiro atoms. The van der Waals surface area contributed by atoms with Crippen molar-refractivity contribution < 1.29 is 4.42 Å². The normalized spacial score (nSPS) is 10.9. The van der Waals surface area contributed by atoms with Gasteiger partial charge in [-0.3, -0.25) is 9.97 Å². The molecule has 2 heterocycles. The molecule has 0 radical (unpaired) electrons. The Hall–Kier alpha value is -2.76. The van der Waals surface area contributed by atoms with Crippen LogP contribution in [0.15, 0.2) is 45.9 Å². The van der Waals surface area contributed by atoms with E-state index in [1.165, 1.54) is 5.56 Å². The van der Waals surface area contributed by atoms with E-state index in [0.717, 1.165) is 18.7 Å². The lowest BCUT2D eigenvalue weighted by Gasteiger charge is -2.21. The quantitative estimate of drug-likeness (QED) is 0.713. The molecule has 0 aliphatic carbocycles. The second-order valence-corrected chi connectivity index (χ2v) is 4.95. The lowest BCUT2D eigenvalue weighted by molar-refractivity contribution is 0.555. The number of nitrogens with zero attached hydrogens (tertiary/aromatic N) is 2. The molecule has 0 fully saturated rings. The number of rotatable bonds is 4. The van der Waals surface area contributed by atoms with Crippen molar-refractivity contribution in [2.24, 2.45) is 0 Å². The maximum Gasteiger partial charge on any atom is 0.417 e. The predicted molar refractivity (Wildman–Crippen MR) is 82.5 cm³/mol. The Morgan fingerprint density at radius 1 is 1.33 bits per heavy atom. The van der Waals surface area contributed by atoms with Crippen LogP contribution in [0.2, 0.25) is 0 Å². The molecule has 3 N–H and O–H groups in total. The van der Waals surface area contributed by atoms with Crippen LogP contribution in [-0.4, -0.2) is 23.6 Å². The van der Waals surface area contributed by atoms with Gasteiger partial charge >= 0.3 is 5.76 Å². The van der Waals surface area contributed by atoms with Gasteiger partial charge in [-0.1, -0.05) is 0 Å². The molecule has 1 aromatic carbocycles. The first-order valence-corrected chi connectivity index (χ1v) is 6.66. The number of aromatic amines is 1. The summed E-state index contributed by atoms with van der Waals surface area (Å²) in [5, 5.41) is 0. The molecule has 21 heavy (non-hydrogen) atoms. The van der Waals surface area contributed by atoms with Gasteiger partial charge in [-0.25, -0.2) is 4.79 Å². The van der Waals surface area contributed by atoms with Crippen LogP contribution in [0, 0.1) is 0 Å². The maximum atomic E-state index is 11.2. The fourth-order valence-electron chi connectivity index (χ4n) is 2.30. The van der Waals surface area contributed by atoms with Gasteiger partial charge in [0, 0.05) is 32.1 Å². The Bertz CT molecular complexity index is 807. The van der Waals surface area contributed by atoms with E-state index < -0.39 is 5.76 Å². The van der Waals surface area contributed by atoms with Crippen LogP contribution in [0.3, 0.4) is 0 Å². The lowest BCUT2D eigenvalue weighted by atomic mass is 10.1. The van der Waals surface area contributed by atoms with E-state index in [4.69, 9.17) is 10.2 Å². The third-order valence-corrected chi connectivity index (χ3v) is 3.46. The molecule has 0 amide bonds. The fourth-order valence-corrected chi connectivity index (χ4v) is 2.30. The summed E-state index contributed by atoms with van der Waals surface area (Å²) >= 11 is 0. The van der Waals surface area contributed by atoms with Crippen LogP contribution >= 0.6 is 0 Å². The Labute approximate surface area is 121 Å². The van der Waals surface area contributed by atoms with Gasteiger partial charge in [0.15, 0.2) is 5.58 Å². The van der Waals surface area contributed by atoms with Crippen molar-refractivity contribution in [3.8, 4) is 0 Å². The van der Waals surface area contributed by atoms with Crippen molar-refractivity contribution in [3.05, 3.63) is 52.8 Å². The number of anilines is 2. The highest BCUT2D eigenvalue weighted by Crippen LogP contribution is 2.27. The molecular formula is C15H16N4O2. The summed E-state index contributed by atoms with van der Waals surface area (Å²) in [4.78, 5) is 19.9. The topological polar surface area (TPSA) is 88.2 Å². The summed E-state index contributed by atoms with van der Waals surface area (Å²) in [5.74, 6) is -0.471. The number of pyridine rings is 1. The Kier molecular flexibility index (Phi) is 3.35. The highest BCUT2D eigenvalue weighted by atomic mass is 16.4. The first-order valence-electron chi connectivity index (χ1n) is 6.66. The number of benzene rings is 1. The van der Waals surface area contributed by atoms with Crippen molar-refractivity contribution >= 4 is 22.5 Å². The number of likely N-dealkylation sites (N-methyl/N-ethyl adjacent to an activating group) is 1. The molecule has 108 valence electrons. The molecular weight excluding hydrogens is 268 g/mol. The summed E-state index contributed by atoms with van der Waals surface area (Å²) in [6, 6.07) is 7.50. The minimum absolute atomic E-state index is 0.471. The zero-order valence-corrected chi connectivity index (χ0v) is 11.7. The minimum atomic E-state index is -0.471. The second-order valence-electron chi connectivity index (χ2n) is 4.95. The van der Waals surface area contributed by atoms with Gasteiger partial charge in [0.1, 0.15) is 0 Å². The van der Waals surface area contributed by atoms with E-state index >= 15 is 0 Å². The number of oxazole rings is 1. The summed E-state index contributed by atoms with van der Waals surface area (Å²) < 4.78 is 5.00. The highest BCUT2D eigenvalue weighted by molar-refractivity contribution is 5.85. The number of nitrogens with two attached hydrogens (primary N) is 1. The molecule has 2 aromatic heterocycles. The number of aromatic nitrogens is 2. The van der Waals surface area contributed by atoms with Crippen LogP contribution in [0.5, 0.6) is 0 Å². The lowest BCUT2D eigenvalue weighted by Crippen LogP contribution is -2.21. The fraction of sp³-hybridized carbons (Fsp3) is 0.200. The smallest absolute Gasteiger partial charge is 0.408 e. The van der Waals surface area contributed by atoms with Gasteiger partial charge in [0.25, 0.3) is 0 Å². The molecule has 6 nitrogen and oxygen atoms in total. The van der Waals surface area contributed by atoms with Crippen LogP contribution in [0.25, 0.3) is 11.1 Å². The minimum Gasteiger partial charge on any atom is -0.408 e. The Balaban J connectivity index is 1.82. The van der Waals surface area contributed by atoms with Gasteiger partial charge in [-0.15, -0.1) is 0 Å². The number of fused-ring (bicyclic) bond motifs is 1. The van der Waals surface area contributed by atoms with Crippen LogP contribution in [0.4, 0.5) is 11.4 Å². The third kappa shape index (κ3) is 2.74. The van der Waals surface area contributed by atoms with Gasteiger partial charge in [0.05, 0.1) is 16.9 Å². The average Bonchev–Trinajstić information content (AvgIpc) is 2.84. The number of hydrogen-bond donors (Lipinski definition) is 2. The van der Waals surface area contributed by atoms with Crippen molar-refractivity contribution in [3.63, 3.8) is 0 Å². The number of H-pyrrole nitrogens is 1. The van der Waals surface area contributed by atoms with E-state index in [0.29, 0.717) is 16.8 Å². The molecule has 0 aliphatic rings. The molecule has 0 aliphatic heterocycles. The maximum absolute atomic E-state index is 11.2. The van der Waals surface area contributed by atoms with Gasteiger partial charge in [0.2, 0.25) is 0 Å². The standard InChI is InChI=1S/C15H16N4O2/c1-19(7-4-10-2-5-17-6-3-10)13-9-12-14(8-11(13)16)21-15(20)18-12/h2-3,5-6,8-9H,4,7,16H2,1H3,(H,18,20). The Morgan fingerprint density at radius 2 is 2.10 bits per heavy atom. The van der Waals surface area contributed by atoms with Gasteiger partial charge in [-0.2, -0.15) is 0 Å². The van der Waals surface area contributed by atoms with Crippen LogP contribution < -0.4 is 16.4 Å². The van der Waals surface area contributed by atoms with Crippen molar-refractivity contribution in [1.82, 2.24) is 9.97 Å².